The third-order valence-electron chi connectivity index (χ3n) is 3.22. The maximum absolute atomic E-state index is 12.1. The van der Waals surface area contributed by atoms with Crippen LogP contribution >= 0.6 is 15.9 Å². The molecule has 0 aromatic heterocycles. The number of hydrogen-bond donors (Lipinski definition) is 1. The van der Waals surface area contributed by atoms with Crippen LogP contribution in [-0.4, -0.2) is 36.9 Å². The molecule has 1 aromatic rings. The van der Waals surface area contributed by atoms with Crippen molar-refractivity contribution in [3.63, 3.8) is 0 Å². The van der Waals surface area contributed by atoms with Crippen molar-refractivity contribution < 1.29 is 4.79 Å². The molecule has 92 valence electrons. The summed E-state index contributed by atoms with van der Waals surface area (Å²) in [5, 5.41) is 0. The van der Waals surface area contributed by atoms with E-state index in [0.717, 1.165) is 36.1 Å². The summed E-state index contributed by atoms with van der Waals surface area (Å²) in [5.41, 5.74) is 6.41. The standard InChI is InChI=1S/C13H17BrN2O/c14-12-3-1-2-11(6-12)13(17)9-16-5-4-10(7-15)8-16/h1-3,6,10H,4-5,7-9,15H2. The molecule has 1 fully saturated rings. The van der Waals surface area contributed by atoms with Crippen LogP contribution in [-0.2, 0) is 0 Å². The average Bonchev–Trinajstić information content (AvgIpc) is 2.77. The number of nitrogens with two attached hydrogens (primary N) is 1. The molecule has 1 unspecified atom stereocenters. The Morgan fingerprint density at radius 1 is 1.53 bits per heavy atom. The Morgan fingerprint density at radius 3 is 3.00 bits per heavy atom. The molecule has 4 heteroatoms. The molecule has 0 bridgehead atoms. The van der Waals surface area contributed by atoms with Gasteiger partial charge in [-0.2, -0.15) is 0 Å². The summed E-state index contributed by atoms with van der Waals surface area (Å²) in [4.78, 5) is 14.2. The number of ketones is 1. The molecule has 1 saturated heterocycles. The summed E-state index contributed by atoms with van der Waals surface area (Å²) < 4.78 is 0.949. The number of carbonyl (C=O) groups is 1. The van der Waals surface area contributed by atoms with E-state index in [1.807, 2.05) is 24.3 Å². The Morgan fingerprint density at radius 2 is 2.35 bits per heavy atom. The highest BCUT2D eigenvalue weighted by Gasteiger charge is 2.23. The highest BCUT2D eigenvalue weighted by Crippen LogP contribution is 2.16. The molecular weight excluding hydrogens is 280 g/mol. The van der Waals surface area contributed by atoms with Gasteiger partial charge in [0.2, 0.25) is 0 Å². The fourth-order valence-electron chi connectivity index (χ4n) is 2.21. The second-order valence-corrected chi connectivity index (χ2v) is 5.47. The highest BCUT2D eigenvalue weighted by molar-refractivity contribution is 9.10. The van der Waals surface area contributed by atoms with Crippen LogP contribution < -0.4 is 5.73 Å². The zero-order valence-electron chi connectivity index (χ0n) is 9.73. The van der Waals surface area contributed by atoms with Gasteiger partial charge in [0.05, 0.1) is 6.54 Å². The fraction of sp³-hybridized carbons (Fsp3) is 0.462. The minimum absolute atomic E-state index is 0.184. The summed E-state index contributed by atoms with van der Waals surface area (Å²) in [7, 11) is 0. The van der Waals surface area contributed by atoms with Crippen LogP contribution in [0.5, 0.6) is 0 Å². The third kappa shape index (κ3) is 3.37. The van der Waals surface area contributed by atoms with Crippen molar-refractivity contribution in [3.8, 4) is 0 Å². The van der Waals surface area contributed by atoms with Gasteiger partial charge in [-0.25, -0.2) is 0 Å². The summed E-state index contributed by atoms with van der Waals surface area (Å²) in [6, 6.07) is 7.56. The van der Waals surface area contributed by atoms with Crippen LogP contribution in [0.15, 0.2) is 28.7 Å². The number of Topliss-reactive ketones (excluding diaryl/α,β-unsaturated/α-hetero) is 1. The van der Waals surface area contributed by atoms with Crippen LogP contribution in [0.1, 0.15) is 16.8 Å². The molecular formula is C13H17BrN2O. The summed E-state index contributed by atoms with van der Waals surface area (Å²) in [6.45, 7) is 3.17. The molecule has 0 amide bonds. The van der Waals surface area contributed by atoms with E-state index in [2.05, 4.69) is 20.8 Å². The van der Waals surface area contributed by atoms with Gasteiger partial charge in [-0.3, -0.25) is 9.69 Å². The lowest BCUT2D eigenvalue weighted by molar-refractivity contribution is 0.0943. The molecule has 2 rings (SSSR count). The predicted molar refractivity (Wildman–Crippen MR) is 72.1 cm³/mol. The Kier molecular flexibility index (Phi) is 4.31. The third-order valence-corrected chi connectivity index (χ3v) is 3.71. The molecule has 0 radical (unpaired) electrons. The largest absolute Gasteiger partial charge is 0.330 e. The molecule has 3 nitrogen and oxygen atoms in total. The van der Waals surface area contributed by atoms with E-state index in [-0.39, 0.29) is 5.78 Å². The zero-order valence-corrected chi connectivity index (χ0v) is 11.3. The Bertz CT molecular complexity index is 408. The lowest BCUT2D eigenvalue weighted by atomic mass is 10.1. The molecule has 1 aromatic carbocycles. The van der Waals surface area contributed by atoms with E-state index >= 15 is 0 Å². The normalized spacial score (nSPS) is 20.7. The quantitative estimate of drug-likeness (QED) is 0.864. The van der Waals surface area contributed by atoms with Crippen molar-refractivity contribution in [2.75, 3.05) is 26.2 Å². The maximum Gasteiger partial charge on any atom is 0.176 e. The first-order valence-electron chi connectivity index (χ1n) is 5.90. The monoisotopic (exact) mass is 296 g/mol. The predicted octanol–water partition coefficient (Wildman–Crippen LogP) is 1.91. The summed E-state index contributed by atoms with van der Waals surface area (Å²) in [6.07, 6.45) is 1.11. The first-order chi connectivity index (χ1) is 8.19. The Balaban J connectivity index is 1.94. The molecule has 17 heavy (non-hydrogen) atoms. The number of carbonyl (C=O) groups excluding carboxylic acids is 1. The lowest BCUT2D eigenvalue weighted by Gasteiger charge is -2.14. The van der Waals surface area contributed by atoms with Crippen LogP contribution in [0.25, 0.3) is 0 Å². The minimum Gasteiger partial charge on any atom is -0.330 e. The number of rotatable bonds is 4. The number of hydrogen-bond acceptors (Lipinski definition) is 3. The molecule has 0 saturated carbocycles. The van der Waals surface area contributed by atoms with E-state index in [1.54, 1.807) is 0 Å². The van der Waals surface area contributed by atoms with Gasteiger partial charge in [-0.05, 0) is 37.6 Å². The first-order valence-corrected chi connectivity index (χ1v) is 6.69. The van der Waals surface area contributed by atoms with Crippen molar-refractivity contribution in [1.29, 1.82) is 0 Å². The first kappa shape index (κ1) is 12.7. The van der Waals surface area contributed by atoms with E-state index in [1.165, 1.54) is 0 Å². The molecule has 2 N–H and O–H groups in total. The van der Waals surface area contributed by atoms with E-state index in [9.17, 15) is 4.79 Å². The van der Waals surface area contributed by atoms with Crippen molar-refractivity contribution in [2.24, 2.45) is 11.7 Å². The van der Waals surface area contributed by atoms with Gasteiger partial charge in [0.15, 0.2) is 5.78 Å². The van der Waals surface area contributed by atoms with Crippen LogP contribution in [0.3, 0.4) is 0 Å². The number of likely N-dealkylation sites (tertiary alicyclic amines) is 1. The second-order valence-electron chi connectivity index (χ2n) is 4.56. The highest BCUT2D eigenvalue weighted by atomic mass is 79.9. The number of nitrogens with zero attached hydrogens (tertiary/aromatic N) is 1. The minimum atomic E-state index is 0.184. The smallest absolute Gasteiger partial charge is 0.176 e. The lowest BCUT2D eigenvalue weighted by Crippen LogP contribution is -2.29. The molecule has 1 atom stereocenters. The molecule has 1 aliphatic rings. The van der Waals surface area contributed by atoms with Gasteiger partial charge in [-0.1, -0.05) is 28.1 Å². The van der Waals surface area contributed by atoms with Gasteiger partial charge in [-0.15, -0.1) is 0 Å². The van der Waals surface area contributed by atoms with Crippen molar-refractivity contribution in [2.45, 2.75) is 6.42 Å². The van der Waals surface area contributed by atoms with Gasteiger partial charge < -0.3 is 5.73 Å². The van der Waals surface area contributed by atoms with Gasteiger partial charge in [0.25, 0.3) is 0 Å². The van der Waals surface area contributed by atoms with E-state index < -0.39 is 0 Å². The van der Waals surface area contributed by atoms with E-state index in [4.69, 9.17) is 5.73 Å². The van der Waals surface area contributed by atoms with Gasteiger partial charge in [0, 0.05) is 16.6 Å². The summed E-state index contributed by atoms with van der Waals surface area (Å²) >= 11 is 3.38. The van der Waals surface area contributed by atoms with Gasteiger partial charge >= 0.3 is 0 Å². The Labute approximate surface area is 110 Å². The second kappa shape index (κ2) is 5.76. The number of halogens is 1. The van der Waals surface area contributed by atoms with Crippen molar-refractivity contribution in [3.05, 3.63) is 34.3 Å². The maximum atomic E-state index is 12.1. The molecule has 1 aliphatic heterocycles. The molecule has 0 aliphatic carbocycles. The van der Waals surface area contributed by atoms with Crippen molar-refractivity contribution in [1.82, 2.24) is 4.90 Å². The zero-order chi connectivity index (χ0) is 12.3. The summed E-state index contributed by atoms with van der Waals surface area (Å²) in [5.74, 6) is 0.745. The van der Waals surface area contributed by atoms with Crippen LogP contribution in [0.4, 0.5) is 0 Å². The SMILES string of the molecule is NCC1CCN(CC(=O)c2cccc(Br)c2)C1. The van der Waals surface area contributed by atoms with Crippen LogP contribution in [0.2, 0.25) is 0 Å². The Hall–Kier alpha value is -0.710. The van der Waals surface area contributed by atoms with Gasteiger partial charge in [0.1, 0.15) is 0 Å². The fourth-order valence-corrected chi connectivity index (χ4v) is 2.60. The molecule has 0 spiro atoms. The van der Waals surface area contributed by atoms with E-state index in [0.29, 0.717) is 12.5 Å². The average molecular weight is 297 g/mol. The topological polar surface area (TPSA) is 46.3 Å². The van der Waals surface area contributed by atoms with Crippen LogP contribution in [0, 0.1) is 5.92 Å². The number of benzene rings is 1. The molecule has 1 heterocycles. The van der Waals surface area contributed by atoms with Crippen molar-refractivity contribution >= 4 is 21.7 Å².